The fourth-order valence-corrected chi connectivity index (χ4v) is 4.62. The number of aromatic nitrogens is 1. The quantitative estimate of drug-likeness (QED) is 0.572. The van der Waals surface area contributed by atoms with E-state index in [1.54, 1.807) is 6.20 Å². The number of pyridine rings is 1. The molecular weight excluding hydrogens is 398 g/mol. The molecule has 2 fully saturated rings. The zero-order chi connectivity index (χ0) is 22.1. The molecule has 5 nitrogen and oxygen atoms in total. The third-order valence-electron chi connectivity index (χ3n) is 6.66. The molecule has 1 saturated carbocycles. The van der Waals surface area contributed by atoms with Crippen LogP contribution in [0.1, 0.15) is 52.7 Å². The van der Waals surface area contributed by atoms with Gasteiger partial charge in [-0.1, -0.05) is 24.8 Å². The lowest BCUT2D eigenvalue weighted by atomic mass is 9.95. The lowest BCUT2D eigenvalue weighted by Gasteiger charge is -2.21. The molecule has 1 unspecified atom stereocenters. The summed E-state index contributed by atoms with van der Waals surface area (Å²) >= 11 is 0. The standard InChI is InChI=1S/C27H29N3O2/c1-3-19-14-24(22-7-5-13-29-25(22)15-19)27(10-11-27)30-26(31)23-16-21(9-8-18(23)2)32-17-20-6-4-12-28-20/h3,5,7-9,13-16,20,28H,1,4,6,10-12,17H2,2H3,(H,30,31). The van der Waals surface area contributed by atoms with E-state index in [1.807, 2.05) is 43.3 Å². The summed E-state index contributed by atoms with van der Waals surface area (Å²) in [4.78, 5) is 17.9. The van der Waals surface area contributed by atoms with Crippen LogP contribution in [0.25, 0.3) is 17.0 Å². The minimum absolute atomic E-state index is 0.0644. The number of hydrogen-bond acceptors (Lipinski definition) is 4. The van der Waals surface area contributed by atoms with Gasteiger partial charge in [-0.05, 0) is 86.2 Å². The second-order valence-electron chi connectivity index (χ2n) is 8.96. The van der Waals surface area contributed by atoms with E-state index < -0.39 is 0 Å². The zero-order valence-electron chi connectivity index (χ0n) is 18.5. The number of nitrogens with zero attached hydrogens (tertiary/aromatic N) is 1. The molecular formula is C27H29N3O2. The van der Waals surface area contributed by atoms with Crippen molar-refractivity contribution in [3.63, 3.8) is 0 Å². The highest BCUT2D eigenvalue weighted by atomic mass is 16.5. The topological polar surface area (TPSA) is 63.2 Å². The summed E-state index contributed by atoms with van der Waals surface area (Å²) in [5, 5.41) is 7.86. The van der Waals surface area contributed by atoms with Crippen LogP contribution in [0.3, 0.4) is 0 Å². The summed E-state index contributed by atoms with van der Waals surface area (Å²) in [6.07, 6.45) is 7.77. The Morgan fingerprint density at radius 3 is 2.94 bits per heavy atom. The van der Waals surface area contributed by atoms with Crippen LogP contribution in [0.4, 0.5) is 0 Å². The number of rotatable bonds is 7. The summed E-state index contributed by atoms with van der Waals surface area (Å²) in [6.45, 7) is 7.57. The Morgan fingerprint density at radius 1 is 1.31 bits per heavy atom. The Hall–Kier alpha value is -3.18. The third kappa shape index (κ3) is 4.00. The number of carbonyl (C=O) groups excluding carboxylic acids is 1. The molecule has 3 aromatic rings. The molecule has 0 spiro atoms. The number of ether oxygens (including phenoxy) is 1. The van der Waals surface area contributed by atoms with Gasteiger partial charge in [0, 0.05) is 23.2 Å². The molecule has 1 amide bonds. The first-order valence-corrected chi connectivity index (χ1v) is 11.4. The van der Waals surface area contributed by atoms with Crippen molar-refractivity contribution >= 4 is 22.9 Å². The smallest absolute Gasteiger partial charge is 0.252 e. The van der Waals surface area contributed by atoms with Crippen LogP contribution in [0.5, 0.6) is 5.75 Å². The molecule has 164 valence electrons. The van der Waals surface area contributed by atoms with Gasteiger partial charge >= 0.3 is 0 Å². The number of amides is 1. The Labute approximate surface area is 188 Å². The minimum atomic E-state index is -0.367. The summed E-state index contributed by atoms with van der Waals surface area (Å²) < 4.78 is 5.99. The van der Waals surface area contributed by atoms with Gasteiger partial charge in [0.15, 0.2) is 0 Å². The maximum absolute atomic E-state index is 13.4. The highest BCUT2D eigenvalue weighted by Crippen LogP contribution is 2.48. The fraction of sp³-hybridized carbons (Fsp3) is 0.333. The average molecular weight is 428 g/mol. The van der Waals surface area contributed by atoms with Crippen molar-refractivity contribution in [2.45, 2.75) is 44.2 Å². The molecule has 0 bridgehead atoms. The largest absolute Gasteiger partial charge is 0.492 e. The van der Waals surface area contributed by atoms with Gasteiger partial charge in [0.05, 0.1) is 11.1 Å². The van der Waals surface area contributed by atoms with Gasteiger partial charge in [0.25, 0.3) is 5.91 Å². The van der Waals surface area contributed by atoms with Gasteiger partial charge < -0.3 is 15.4 Å². The van der Waals surface area contributed by atoms with E-state index in [0.717, 1.165) is 59.2 Å². The summed E-state index contributed by atoms with van der Waals surface area (Å²) in [5.74, 6) is 0.674. The Balaban J connectivity index is 1.40. The predicted octanol–water partition coefficient (Wildman–Crippen LogP) is 4.74. The number of benzene rings is 2. The molecule has 2 aliphatic rings. The fourth-order valence-electron chi connectivity index (χ4n) is 4.62. The molecule has 0 radical (unpaired) electrons. The van der Waals surface area contributed by atoms with Crippen LogP contribution in [0.15, 0.2) is 55.2 Å². The maximum Gasteiger partial charge on any atom is 0.252 e. The van der Waals surface area contributed by atoms with Gasteiger partial charge in [-0.15, -0.1) is 0 Å². The zero-order valence-corrected chi connectivity index (χ0v) is 18.5. The molecule has 1 saturated heterocycles. The van der Waals surface area contributed by atoms with Crippen molar-refractivity contribution in [1.82, 2.24) is 15.6 Å². The van der Waals surface area contributed by atoms with Crippen molar-refractivity contribution in [3.05, 3.63) is 77.5 Å². The number of fused-ring (bicyclic) bond motifs is 1. The van der Waals surface area contributed by atoms with Gasteiger partial charge in [-0.3, -0.25) is 9.78 Å². The van der Waals surface area contributed by atoms with E-state index in [2.05, 4.69) is 34.3 Å². The predicted molar refractivity (Wildman–Crippen MR) is 128 cm³/mol. The van der Waals surface area contributed by atoms with E-state index in [4.69, 9.17) is 4.74 Å². The van der Waals surface area contributed by atoms with Gasteiger partial charge in [0.1, 0.15) is 12.4 Å². The third-order valence-corrected chi connectivity index (χ3v) is 6.66. The van der Waals surface area contributed by atoms with Crippen LogP contribution in [-0.2, 0) is 5.54 Å². The lowest BCUT2D eigenvalue weighted by molar-refractivity contribution is 0.0930. The Morgan fingerprint density at radius 2 is 2.19 bits per heavy atom. The maximum atomic E-state index is 13.4. The molecule has 1 aromatic heterocycles. The first-order chi connectivity index (χ1) is 15.6. The first kappa shape index (κ1) is 20.7. The van der Waals surface area contributed by atoms with E-state index in [1.165, 1.54) is 6.42 Å². The Kier molecular flexibility index (Phi) is 5.43. The van der Waals surface area contributed by atoms with Crippen LogP contribution in [-0.4, -0.2) is 30.1 Å². The minimum Gasteiger partial charge on any atom is -0.492 e. The Bertz CT molecular complexity index is 1180. The molecule has 32 heavy (non-hydrogen) atoms. The van der Waals surface area contributed by atoms with E-state index in [0.29, 0.717) is 18.2 Å². The van der Waals surface area contributed by atoms with Gasteiger partial charge in [-0.2, -0.15) is 0 Å². The molecule has 2 heterocycles. The van der Waals surface area contributed by atoms with Crippen molar-refractivity contribution in [2.75, 3.05) is 13.2 Å². The molecule has 2 N–H and O–H groups in total. The van der Waals surface area contributed by atoms with Crippen molar-refractivity contribution in [1.29, 1.82) is 0 Å². The van der Waals surface area contributed by atoms with Crippen LogP contribution in [0.2, 0.25) is 0 Å². The lowest BCUT2D eigenvalue weighted by Crippen LogP contribution is -2.35. The summed E-state index contributed by atoms with van der Waals surface area (Å²) in [7, 11) is 0. The number of hydrogen-bond donors (Lipinski definition) is 2. The van der Waals surface area contributed by atoms with Crippen LogP contribution >= 0.6 is 0 Å². The van der Waals surface area contributed by atoms with E-state index >= 15 is 0 Å². The summed E-state index contributed by atoms with van der Waals surface area (Å²) in [6, 6.07) is 14.4. The molecule has 5 rings (SSSR count). The summed E-state index contributed by atoms with van der Waals surface area (Å²) in [5.41, 5.74) is 4.29. The van der Waals surface area contributed by atoms with Gasteiger partial charge in [-0.25, -0.2) is 0 Å². The van der Waals surface area contributed by atoms with Crippen LogP contribution in [0, 0.1) is 6.92 Å². The van der Waals surface area contributed by atoms with Crippen molar-refractivity contribution < 1.29 is 9.53 Å². The molecule has 1 aliphatic heterocycles. The van der Waals surface area contributed by atoms with Gasteiger partial charge in [0.2, 0.25) is 0 Å². The average Bonchev–Trinajstić information content (AvgIpc) is 3.39. The molecule has 5 heteroatoms. The van der Waals surface area contributed by atoms with Crippen molar-refractivity contribution in [3.8, 4) is 5.75 Å². The number of carbonyl (C=O) groups is 1. The monoisotopic (exact) mass is 427 g/mol. The first-order valence-electron chi connectivity index (χ1n) is 11.4. The SMILES string of the molecule is C=Cc1cc(C2(NC(=O)c3cc(OCC4CCCN4)ccc3C)CC2)c2cccnc2c1. The molecule has 1 aliphatic carbocycles. The highest BCUT2D eigenvalue weighted by molar-refractivity contribution is 5.97. The van der Waals surface area contributed by atoms with Crippen molar-refractivity contribution in [2.24, 2.45) is 0 Å². The normalized spacial score (nSPS) is 19.0. The second-order valence-corrected chi connectivity index (χ2v) is 8.96. The number of aryl methyl sites for hydroxylation is 1. The van der Waals surface area contributed by atoms with Crippen LogP contribution < -0.4 is 15.4 Å². The molecule has 1 atom stereocenters. The highest BCUT2D eigenvalue weighted by Gasteiger charge is 2.47. The van der Waals surface area contributed by atoms with E-state index in [-0.39, 0.29) is 11.4 Å². The second kappa shape index (κ2) is 8.40. The number of nitrogens with one attached hydrogen (secondary N) is 2. The molecule has 2 aromatic carbocycles. The van der Waals surface area contributed by atoms with E-state index in [9.17, 15) is 4.79 Å².